The maximum absolute atomic E-state index is 5.61. The normalized spacial score (nSPS) is 10.4. The Labute approximate surface area is 105 Å². The average Bonchev–Trinajstić information content (AvgIpc) is 2.77. The highest BCUT2D eigenvalue weighted by molar-refractivity contribution is 7.13. The number of nitrogens with zero attached hydrogens (tertiary/aromatic N) is 1. The van der Waals surface area contributed by atoms with Gasteiger partial charge in [0.1, 0.15) is 5.75 Å². The summed E-state index contributed by atoms with van der Waals surface area (Å²) < 4.78 is 5.60. The van der Waals surface area contributed by atoms with E-state index in [4.69, 9.17) is 10.5 Å². The van der Waals surface area contributed by atoms with Crippen LogP contribution in [0.3, 0.4) is 0 Å². The van der Waals surface area contributed by atoms with Crippen LogP contribution in [0.4, 0.5) is 5.13 Å². The molecule has 1 heterocycles. The fourth-order valence-corrected chi connectivity index (χ4v) is 2.05. The third kappa shape index (κ3) is 3.20. The molecule has 2 aromatic rings. The molecule has 3 nitrogen and oxygen atoms in total. The Morgan fingerprint density at radius 2 is 2.06 bits per heavy atom. The molecule has 0 bridgehead atoms. The Morgan fingerprint density at radius 1 is 1.29 bits per heavy atom. The van der Waals surface area contributed by atoms with E-state index < -0.39 is 0 Å². The van der Waals surface area contributed by atoms with E-state index in [1.54, 1.807) is 0 Å². The van der Waals surface area contributed by atoms with Crippen molar-refractivity contribution in [2.45, 2.75) is 19.8 Å². The number of aromatic nitrogens is 1. The van der Waals surface area contributed by atoms with E-state index >= 15 is 0 Å². The summed E-state index contributed by atoms with van der Waals surface area (Å²) >= 11 is 1.46. The van der Waals surface area contributed by atoms with E-state index in [0.717, 1.165) is 36.5 Å². The van der Waals surface area contributed by atoms with Crippen molar-refractivity contribution in [3.05, 3.63) is 29.6 Å². The van der Waals surface area contributed by atoms with Crippen molar-refractivity contribution < 1.29 is 4.74 Å². The van der Waals surface area contributed by atoms with Gasteiger partial charge in [0.25, 0.3) is 0 Å². The minimum absolute atomic E-state index is 0.600. The van der Waals surface area contributed by atoms with Crippen molar-refractivity contribution >= 4 is 16.5 Å². The van der Waals surface area contributed by atoms with Gasteiger partial charge in [-0.05, 0) is 30.7 Å². The molecular formula is C13H16N2OS. The summed E-state index contributed by atoms with van der Waals surface area (Å²) in [5.74, 6) is 0.908. The van der Waals surface area contributed by atoms with Crippen LogP contribution in [-0.4, -0.2) is 11.6 Å². The highest BCUT2D eigenvalue weighted by Crippen LogP contribution is 2.24. The van der Waals surface area contributed by atoms with Crippen LogP contribution in [0.25, 0.3) is 11.3 Å². The average molecular weight is 248 g/mol. The van der Waals surface area contributed by atoms with E-state index in [0.29, 0.717) is 5.13 Å². The van der Waals surface area contributed by atoms with Crippen LogP contribution in [0.5, 0.6) is 5.75 Å². The predicted molar refractivity (Wildman–Crippen MR) is 72.4 cm³/mol. The van der Waals surface area contributed by atoms with Crippen molar-refractivity contribution in [1.29, 1.82) is 0 Å². The van der Waals surface area contributed by atoms with Crippen molar-refractivity contribution in [3.63, 3.8) is 0 Å². The maximum Gasteiger partial charge on any atom is 0.180 e. The smallest absolute Gasteiger partial charge is 0.180 e. The van der Waals surface area contributed by atoms with Gasteiger partial charge in [-0.15, -0.1) is 11.3 Å². The zero-order valence-corrected chi connectivity index (χ0v) is 10.7. The summed E-state index contributed by atoms with van der Waals surface area (Å²) in [4.78, 5) is 4.24. The third-order valence-electron chi connectivity index (χ3n) is 2.44. The van der Waals surface area contributed by atoms with Crippen molar-refractivity contribution in [2.75, 3.05) is 12.3 Å². The van der Waals surface area contributed by atoms with Gasteiger partial charge in [-0.2, -0.15) is 0 Å². The molecule has 0 radical (unpaired) electrons. The van der Waals surface area contributed by atoms with Crippen LogP contribution in [0.1, 0.15) is 19.8 Å². The Kier molecular flexibility index (Phi) is 3.98. The first-order valence-corrected chi connectivity index (χ1v) is 6.62. The zero-order chi connectivity index (χ0) is 12.1. The van der Waals surface area contributed by atoms with E-state index in [1.165, 1.54) is 11.3 Å². The first-order chi connectivity index (χ1) is 8.29. The van der Waals surface area contributed by atoms with E-state index in [9.17, 15) is 0 Å². The molecule has 2 rings (SSSR count). The topological polar surface area (TPSA) is 48.1 Å². The second-order valence-corrected chi connectivity index (χ2v) is 4.69. The van der Waals surface area contributed by atoms with E-state index in [-0.39, 0.29) is 0 Å². The summed E-state index contributed by atoms with van der Waals surface area (Å²) in [7, 11) is 0. The zero-order valence-electron chi connectivity index (χ0n) is 9.85. The Hall–Kier alpha value is -1.55. The molecule has 90 valence electrons. The molecular weight excluding hydrogens is 232 g/mol. The first-order valence-electron chi connectivity index (χ1n) is 5.74. The number of nitrogens with two attached hydrogens (primary N) is 1. The van der Waals surface area contributed by atoms with Gasteiger partial charge in [-0.25, -0.2) is 4.98 Å². The van der Waals surface area contributed by atoms with E-state index in [2.05, 4.69) is 11.9 Å². The third-order valence-corrected chi connectivity index (χ3v) is 3.11. The molecule has 1 aromatic carbocycles. The van der Waals surface area contributed by atoms with Gasteiger partial charge >= 0.3 is 0 Å². The van der Waals surface area contributed by atoms with Gasteiger partial charge in [0, 0.05) is 10.9 Å². The van der Waals surface area contributed by atoms with Crippen molar-refractivity contribution in [3.8, 4) is 17.0 Å². The molecule has 2 N–H and O–H groups in total. The molecule has 4 heteroatoms. The molecule has 0 unspecified atom stereocenters. The summed E-state index contributed by atoms with van der Waals surface area (Å²) in [5, 5.41) is 2.56. The molecule has 1 aromatic heterocycles. The Bertz CT molecular complexity index is 465. The summed E-state index contributed by atoms with van der Waals surface area (Å²) in [5.41, 5.74) is 7.60. The minimum Gasteiger partial charge on any atom is -0.494 e. The number of nitrogen functional groups attached to an aromatic ring is 1. The maximum atomic E-state index is 5.61. The van der Waals surface area contributed by atoms with Gasteiger partial charge in [0.15, 0.2) is 5.13 Å². The monoisotopic (exact) mass is 248 g/mol. The predicted octanol–water partition coefficient (Wildman–Crippen LogP) is 3.57. The summed E-state index contributed by atoms with van der Waals surface area (Å²) in [6.07, 6.45) is 2.24. The minimum atomic E-state index is 0.600. The number of rotatable bonds is 5. The summed E-state index contributed by atoms with van der Waals surface area (Å²) in [6, 6.07) is 7.96. The lowest BCUT2D eigenvalue weighted by Gasteiger charge is -2.05. The van der Waals surface area contributed by atoms with Gasteiger partial charge in [0.2, 0.25) is 0 Å². The van der Waals surface area contributed by atoms with Gasteiger partial charge in [-0.3, -0.25) is 0 Å². The molecule has 0 spiro atoms. The molecule has 0 saturated carbocycles. The number of benzene rings is 1. The van der Waals surface area contributed by atoms with Gasteiger partial charge in [0.05, 0.1) is 12.3 Å². The number of ether oxygens (including phenoxy) is 1. The quantitative estimate of drug-likeness (QED) is 0.823. The molecule has 0 aliphatic carbocycles. The molecule has 0 amide bonds. The number of anilines is 1. The Morgan fingerprint density at radius 3 is 2.65 bits per heavy atom. The molecule has 0 saturated heterocycles. The first kappa shape index (κ1) is 11.9. The van der Waals surface area contributed by atoms with Crippen LogP contribution in [0.2, 0.25) is 0 Å². The van der Waals surface area contributed by atoms with Gasteiger partial charge < -0.3 is 10.5 Å². The van der Waals surface area contributed by atoms with Gasteiger partial charge in [-0.1, -0.05) is 13.3 Å². The second kappa shape index (κ2) is 5.68. The lowest BCUT2D eigenvalue weighted by Crippen LogP contribution is -1.95. The number of unbranched alkanes of at least 4 members (excludes halogenated alkanes) is 1. The van der Waals surface area contributed by atoms with Crippen LogP contribution < -0.4 is 10.5 Å². The van der Waals surface area contributed by atoms with Crippen LogP contribution in [-0.2, 0) is 0 Å². The molecule has 0 atom stereocenters. The second-order valence-electron chi connectivity index (χ2n) is 3.80. The van der Waals surface area contributed by atoms with Crippen LogP contribution in [0.15, 0.2) is 29.6 Å². The molecule has 17 heavy (non-hydrogen) atoms. The summed E-state index contributed by atoms with van der Waals surface area (Å²) in [6.45, 7) is 2.93. The molecule has 0 aliphatic heterocycles. The SMILES string of the molecule is CCCCOc1ccc(-c2csc(N)n2)cc1. The fraction of sp³-hybridized carbons (Fsp3) is 0.308. The number of hydrogen-bond donors (Lipinski definition) is 1. The van der Waals surface area contributed by atoms with Crippen molar-refractivity contribution in [2.24, 2.45) is 0 Å². The standard InChI is InChI=1S/C13H16N2OS/c1-2-3-8-16-11-6-4-10(5-7-11)12-9-17-13(14)15-12/h4-7,9H,2-3,8H2,1H3,(H2,14,15). The van der Waals surface area contributed by atoms with Crippen LogP contribution >= 0.6 is 11.3 Å². The van der Waals surface area contributed by atoms with Crippen molar-refractivity contribution in [1.82, 2.24) is 4.98 Å². The number of thiazole rings is 1. The van der Waals surface area contributed by atoms with E-state index in [1.807, 2.05) is 29.6 Å². The largest absolute Gasteiger partial charge is 0.494 e. The molecule has 0 aliphatic rings. The highest BCUT2D eigenvalue weighted by atomic mass is 32.1. The van der Waals surface area contributed by atoms with Crippen LogP contribution in [0, 0.1) is 0 Å². The Balaban J connectivity index is 2.02. The lowest BCUT2D eigenvalue weighted by molar-refractivity contribution is 0.309. The lowest BCUT2D eigenvalue weighted by atomic mass is 10.2. The highest BCUT2D eigenvalue weighted by Gasteiger charge is 2.02. The molecule has 0 fully saturated rings. The fourth-order valence-electron chi connectivity index (χ4n) is 1.48. The number of hydrogen-bond acceptors (Lipinski definition) is 4.